The molecule has 0 aliphatic heterocycles. The Morgan fingerprint density at radius 2 is 1.95 bits per heavy atom. The third-order valence-electron chi connectivity index (χ3n) is 3.40. The molecular formula is C16H23O4Si. The first-order valence-electron chi connectivity index (χ1n) is 6.87. The summed E-state index contributed by atoms with van der Waals surface area (Å²) in [6.07, 6.45) is 0.566. The Labute approximate surface area is 127 Å². The van der Waals surface area contributed by atoms with E-state index in [1.165, 1.54) is 11.8 Å². The van der Waals surface area contributed by atoms with Gasteiger partial charge in [-0.1, -0.05) is 36.1 Å². The van der Waals surface area contributed by atoms with Gasteiger partial charge in [0.1, 0.15) is 14.7 Å². The lowest BCUT2D eigenvalue weighted by molar-refractivity contribution is -0.215. The highest BCUT2D eigenvalue weighted by atomic mass is 28.3. The molecule has 0 fully saturated rings. The lowest BCUT2D eigenvalue weighted by Gasteiger charge is -2.17. The summed E-state index contributed by atoms with van der Waals surface area (Å²) in [5, 5.41) is 1.22. The topological polar surface area (TPSA) is 44.8 Å². The standard InChI is InChI=1S/C16H23O4Si/c1-6-21(4,5)15-9-7-14(8-10-15)16(17)20-19-12-11-13(2)18-3/h6-10,12-13H,1,11H2,2-5H3. The summed E-state index contributed by atoms with van der Waals surface area (Å²) < 4.78 is 5.04. The van der Waals surface area contributed by atoms with E-state index in [1.54, 1.807) is 19.2 Å². The molecule has 0 spiro atoms. The zero-order valence-corrected chi connectivity index (χ0v) is 14.1. The van der Waals surface area contributed by atoms with Crippen molar-refractivity contribution in [3.8, 4) is 0 Å². The molecule has 21 heavy (non-hydrogen) atoms. The van der Waals surface area contributed by atoms with Gasteiger partial charge in [-0.15, -0.1) is 6.58 Å². The van der Waals surface area contributed by atoms with E-state index in [9.17, 15) is 4.79 Å². The van der Waals surface area contributed by atoms with E-state index in [0.29, 0.717) is 12.0 Å². The van der Waals surface area contributed by atoms with Crippen molar-refractivity contribution in [3.63, 3.8) is 0 Å². The molecule has 0 aliphatic rings. The third kappa shape index (κ3) is 5.45. The number of ether oxygens (including phenoxy) is 1. The van der Waals surface area contributed by atoms with Gasteiger partial charge in [0.05, 0.1) is 11.7 Å². The summed E-state index contributed by atoms with van der Waals surface area (Å²) in [5.41, 5.74) is 2.47. The van der Waals surface area contributed by atoms with Crippen LogP contribution in [0.4, 0.5) is 0 Å². The normalized spacial score (nSPS) is 12.8. The largest absolute Gasteiger partial charge is 0.382 e. The zero-order chi connectivity index (χ0) is 15.9. The smallest absolute Gasteiger partial charge is 0.373 e. The molecule has 0 heterocycles. The van der Waals surface area contributed by atoms with Crippen LogP contribution in [0, 0.1) is 6.61 Å². The second kappa shape index (κ2) is 8.12. The molecule has 1 radical (unpaired) electrons. The van der Waals surface area contributed by atoms with Crippen molar-refractivity contribution >= 4 is 19.2 Å². The Morgan fingerprint density at radius 3 is 2.48 bits per heavy atom. The fourth-order valence-electron chi connectivity index (χ4n) is 1.55. The van der Waals surface area contributed by atoms with Crippen LogP contribution in [0.15, 0.2) is 36.5 Å². The zero-order valence-electron chi connectivity index (χ0n) is 13.1. The fourth-order valence-corrected chi connectivity index (χ4v) is 2.81. The fraction of sp³-hybridized carbons (Fsp3) is 0.375. The molecule has 115 valence electrons. The van der Waals surface area contributed by atoms with Gasteiger partial charge in [-0.25, -0.2) is 4.79 Å². The minimum Gasteiger partial charge on any atom is -0.382 e. The summed E-state index contributed by atoms with van der Waals surface area (Å²) in [5.74, 6) is -0.513. The molecule has 0 aliphatic carbocycles. The van der Waals surface area contributed by atoms with Crippen molar-refractivity contribution < 1.29 is 19.3 Å². The number of methoxy groups -OCH3 is 1. The van der Waals surface area contributed by atoms with Gasteiger partial charge in [0.15, 0.2) is 0 Å². The maximum atomic E-state index is 11.8. The molecule has 1 aromatic rings. The van der Waals surface area contributed by atoms with Crippen molar-refractivity contribution in [2.45, 2.75) is 32.5 Å². The molecule has 1 unspecified atom stereocenters. The van der Waals surface area contributed by atoms with Gasteiger partial charge < -0.3 is 4.74 Å². The Hall–Kier alpha value is -1.43. The van der Waals surface area contributed by atoms with Crippen molar-refractivity contribution in [2.24, 2.45) is 0 Å². The van der Waals surface area contributed by atoms with Gasteiger partial charge in [0.25, 0.3) is 0 Å². The highest BCUT2D eigenvalue weighted by molar-refractivity contribution is 6.93. The van der Waals surface area contributed by atoms with E-state index in [-0.39, 0.29) is 6.10 Å². The molecule has 0 aromatic heterocycles. The molecule has 0 bridgehead atoms. The molecule has 1 rings (SSSR count). The summed E-state index contributed by atoms with van der Waals surface area (Å²) in [4.78, 5) is 21.3. The molecule has 0 saturated carbocycles. The number of benzene rings is 1. The second-order valence-electron chi connectivity index (χ2n) is 5.42. The van der Waals surface area contributed by atoms with Gasteiger partial charge in [0, 0.05) is 13.5 Å². The van der Waals surface area contributed by atoms with Crippen molar-refractivity contribution in [1.82, 2.24) is 0 Å². The number of carbonyl (C=O) groups excluding carboxylic acids is 1. The van der Waals surface area contributed by atoms with Crippen molar-refractivity contribution in [1.29, 1.82) is 0 Å². The van der Waals surface area contributed by atoms with E-state index in [4.69, 9.17) is 14.5 Å². The predicted octanol–water partition coefficient (Wildman–Crippen LogP) is 3.00. The summed E-state index contributed by atoms with van der Waals surface area (Å²) in [7, 11) is 0.0126. The first kappa shape index (κ1) is 17.6. The van der Waals surface area contributed by atoms with Crippen molar-refractivity contribution in [2.75, 3.05) is 7.11 Å². The first-order chi connectivity index (χ1) is 9.90. The van der Waals surface area contributed by atoms with Crippen LogP contribution in [0.2, 0.25) is 13.1 Å². The minimum absolute atomic E-state index is 0.0223. The molecule has 0 saturated heterocycles. The highest BCUT2D eigenvalue weighted by Gasteiger charge is 2.19. The Balaban J connectivity index is 2.50. The van der Waals surface area contributed by atoms with Crippen LogP contribution in [0.1, 0.15) is 23.7 Å². The average Bonchev–Trinajstić information content (AvgIpc) is 2.51. The Kier molecular flexibility index (Phi) is 6.81. The Bertz CT molecular complexity index is 468. The molecule has 0 amide bonds. The van der Waals surface area contributed by atoms with E-state index >= 15 is 0 Å². The summed E-state index contributed by atoms with van der Waals surface area (Å²) >= 11 is 0. The van der Waals surface area contributed by atoms with Gasteiger partial charge in [-0.05, 0) is 19.1 Å². The van der Waals surface area contributed by atoms with E-state index in [1.807, 2.05) is 24.8 Å². The monoisotopic (exact) mass is 307 g/mol. The van der Waals surface area contributed by atoms with E-state index < -0.39 is 14.0 Å². The van der Waals surface area contributed by atoms with Gasteiger partial charge >= 0.3 is 5.97 Å². The molecule has 4 nitrogen and oxygen atoms in total. The number of rotatable bonds is 8. The maximum Gasteiger partial charge on any atom is 0.373 e. The Morgan fingerprint density at radius 1 is 1.33 bits per heavy atom. The second-order valence-corrected chi connectivity index (χ2v) is 9.85. The third-order valence-corrected chi connectivity index (χ3v) is 6.24. The van der Waals surface area contributed by atoms with Crippen LogP contribution in [0.5, 0.6) is 0 Å². The summed E-state index contributed by atoms with van der Waals surface area (Å²) in [6, 6.07) is 7.39. The molecular weight excluding hydrogens is 284 g/mol. The lowest BCUT2D eigenvalue weighted by Crippen LogP contribution is -2.39. The van der Waals surface area contributed by atoms with E-state index in [2.05, 4.69) is 19.7 Å². The highest BCUT2D eigenvalue weighted by Crippen LogP contribution is 2.08. The lowest BCUT2D eigenvalue weighted by atomic mass is 10.2. The maximum absolute atomic E-state index is 11.8. The SMILES string of the molecule is C=C[Si](C)(C)c1ccc(C(=O)OO[CH]CC(C)OC)cc1. The molecule has 0 N–H and O–H groups in total. The van der Waals surface area contributed by atoms with Gasteiger partial charge in [-0.2, -0.15) is 4.89 Å². The minimum atomic E-state index is -1.60. The van der Waals surface area contributed by atoms with Gasteiger partial charge in [0.2, 0.25) is 0 Å². The number of hydrogen-bond acceptors (Lipinski definition) is 4. The molecule has 1 atom stereocenters. The van der Waals surface area contributed by atoms with Crippen LogP contribution >= 0.6 is 0 Å². The molecule has 1 aromatic carbocycles. The van der Waals surface area contributed by atoms with Crippen LogP contribution < -0.4 is 5.19 Å². The van der Waals surface area contributed by atoms with Crippen LogP contribution in [0.25, 0.3) is 0 Å². The van der Waals surface area contributed by atoms with Crippen LogP contribution in [-0.4, -0.2) is 27.3 Å². The average molecular weight is 307 g/mol. The summed E-state index contributed by atoms with van der Waals surface area (Å²) in [6.45, 7) is 11.6. The quantitative estimate of drug-likeness (QED) is 0.320. The van der Waals surface area contributed by atoms with E-state index in [0.717, 1.165) is 0 Å². The molecule has 5 heteroatoms. The first-order valence-corrected chi connectivity index (χ1v) is 9.94. The van der Waals surface area contributed by atoms with Crippen molar-refractivity contribution in [3.05, 3.63) is 48.7 Å². The number of carbonyl (C=O) groups is 1. The van der Waals surface area contributed by atoms with Crippen LogP contribution in [0.3, 0.4) is 0 Å². The van der Waals surface area contributed by atoms with Crippen LogP contribution in [-0.2, 0) is 14.5 Å². The predicted molar refractivity (Wildman–Crippen MR) is 85.6 cm³/mol. The number of hydrogen-bond donors (Lipinski definition) is 0. The van der Waals surface area contributed by atoms with Gasteiger partial charge in [-0.3, -0.25) is 4.89 Å².